The van der Waals surface area contributed by atoms with Crippen molar-refractivity contribution in [3.63, 3.8) is 0 Å². The van der Waals surface area contributed by atoms with Crippen LogP contribution in [0.15, 0.2) is 36.4 Å². The van der Waals surface area contributed by atoms with Gasteiger partial charge in [0.2, 0.25) is 5.91 Å². The van der Waals surface area contributed by atoms with E-state index < -0.39 is 6.43 Å². The van der Waals surface area contributed by atoms with Crippen LogP contribution in [0.25, 0.3) is 21.7 Å². The van der Waals surface area contributed by atoms with E-state index in [1.807, 2.05) is 0 Å². The van der Waals surface area contributed by atoms with Crippen LogP contribution in [0.4, 0.5) is 13.9 Å². The Morgan fingerprint density at radius 3 is 2.67 bits per heavy atom. The second kappa shape index (κ2) is 7.60. The number of thiazole rings is 1. The highest BCUT2D eigenvalue weighted by atomic mass is 32.1. The van der Waals surface area contributed by atoms with Crippen LogP contribution in [0.1, 0.15) is 30.3 Å². The molecule has 1 aromatic carbocycles. The summed E-state index contributed by atoms with van der Waals surface area (Å²) in [5, 5.41) is 12.1. The summed E-state index contributed by atoms with van der Waals surface area (Å²) in [7, 11) is 0. The third kappa shape index (κ3) is 4.15. The molecular formula is C19H14F2N4OS. The van der Waals surface area contributed by atoms with Gasteiger partial charge in [0, 0.05) is 18.2 Å². The molecule has 27 heavy (non-hydrogen) atoms. The van der Waals surface area contributed by atoms with Crippen molar-refractivity contribution >= 4 is 22.4 Å². The molecule has 0 saturated heterocycles. The minimum absolute atomic E-state index is 0.285. The molecule has 0 radical (unpaired) electrons. The second-order valence-electron chi connectivity index (χ2n) is 5.79. The third-order valence-corrected chi connectivity index (χ3v) is 4.65. The number of nitrogens with zero attached hydrogens (tertiary/aromatic N) is 3. The van der Waals surface area contributed by atoms with Gasteiger partial charge in [-0.3, -0.25) is 9.78 Å². The minimum atomic E-state index is -2.70. The van der Waals surface area contributed by atoms with Crippen molar-refractivity contribution in [1.82, 2.24) is 9.97 Å². The van der Waals surface area contributed by atoms with Gasteiger partial charge < -0.3 is 5.32 Å². The molecule has 3 aromatic rings. The van der Waals surface area contributed by atoms with Gasteiger partial charge in [-0.05, 0) is 36.8 Å². The number of halogens is 2. The van der Waals surface area contributed by atoms with Crippen LogP contribution in [0.2, 0.25) is 0 Å². The quantitative estimate of drug-likeness (QED) is 0.690. The van der Waals surface area contributed by atoms with Crippen LogP contribution in [0, 0.1) is 18.3 Å². The van der Waals surface area contributed by atoms with Crippen LogP contribution < -0.4 is 5.32 Å². The molecule has 0 fully saturated rings. The highest BCUT2D eigenvalue weighted by Crippen LogP contribution is 2.40. The Balaban J connectivity index is 2.21. The van der Waals surface area contributed by atoms with Crippen LogP contribution in [0.5, 0.6) is 0 Å². The number of anilines is 1. The van der Waals surface area contributed by atoms with Gasteiger partial charge in [-0.2, -0.15) is 5.26 Å². The summed E-state index contributed by atoms with van der Waals surface area (Å²) < 4.78 is 26.3. The minimum Gasteiger partial charge on any atom is -0.302 e. The predicted octanol–water partition coefficient (Wildman–Crippen LogP) is 4.95. The zero-order valence-electron chi connectivity index (χ0n) is 14.5. The third-order valence-electron chi connectivity index (χ3n) is 3.63. The smallest absolute Gasteiger partial charge is 0.280 e. The van der Waals surface area contributed by atoms with Gasteiger partial charge in [-0.25, -0.2) is 13.8 Å². The molecule has 5 nitrogen and oxygen atoms in total. The molecule has 136 valence electrons. The van der Waals surface area contributed by atoms with Crippen molar-refractivity contribution in [1.29, 1.82) is 5.26 Å². The van der Waals surface area contributed by atoms with E-state index in [0.717, 1.165) is 0 Å². The molecule has 0 aliphatic carbocycles. The Kier molecular flexibility index (Phi) is 5.23. The van der Waals surface area contributed by atoms with Gasteiger partial charge in [-0.15, -0.1) is 0 Å². The normalized spacial score (nSPS) is 10.7. The largest absolute Gasteiger partial charge is 0.302 e. The number of nitrogens with one attached hydrogen (secondary N) is 1. The molecule has 8 heteroatoms. The first-order chi connectivity index (χ1) is 12.9. The number of aromatic nitrogens is 2. The maximum Gasteiger partial charge on any atom is 0.280 e. The number of alkyl halides is 2. The Morgan fingerprint density at radius 2 is 2.00 bits per heavy atom. The second-order valence-corrected chi connectivity index (χ2v) is 6.79. The van der Waals surface area contributed by atoms with Crippen molar-refractivity contribution < 1.29 is 13.6 Å². The van der Waals surface area contributed by atoms with Gasteiger partial charge in [0.1, 0.15) is 5.69 Å². The molecule has 0 aliphatic rings. The van der Waals surface area contributed by atoms with Crippen molar-refractivity contribution in [2.24, 2.45) is 0 Å². The zero-order chi connectivity index (χ0) is 19.6. The topological polar surface area (TPSA) is 78.7 Å². The lowest BCUT2D eigenvalue weighted by atomic mass is 10.0. The average Bonchev–Trinajstić information content (AvgIpc) is 3.04. The molecule has 2 heterocycles. The van der Waals surface area contributed by atoms with E-state index in [1.165, 1.54) is 24.3 Å². The molecule has 0 bridgehead atoms. The number of rotatable bonds is 4. The first-order valence-corrected chi connectivity index (χ1v) is 8.75. The summed E-state index contributed by atoms with van der Waals surface area (Å²) in [6.45, 7) is 3.00. The molecule has 0 spiro atoms. The number of carbonyl (C=O) groups is 1. The van der Waals surface area contributed by atoms with Crippen molar-refractivity contribution in [2.45, 2.75) is 20.3 Å². The van der Waals surface area contributed by atoms with Gasteiger partial charge in [0.15, 0.2) is 5.13 Å². The SMILES string of the molecule is CC(=O)Nc1nc(-c2cccc(C#N)c2)c(-c2cc(C)nc(C(F)F)c2)s1. The first-order valence-electron chi connectivity index (χ1n) is 7.93. The number of hydrogen-bond acceptors (Lipinski definition) is 5. The maximum absolute atomic E-state index is 13.2. The number of nitriles is 1. The van der Waals surface area contributed by atoms with Gasteiger partial charge in [-0.1, -0.05) is 23.5 Å². The fraction of sp³-hybridized carbons (Fsp3) is 0.158. The molecule has 3 rings (SSSR count). The Labute approximate surface area is 158 Å². The molecule has 0 saturated carbocycles. The van der Waals surface area contributed by atoms with Crippen molar-refractivity contribution in [3.8, 4) is 27.8 Å². The van der Waals surface area contributed by atoms with E-state index in [9.17, 15) is 13.6 Å². The summed E-state index contributed by atoms with van der Waals surface area (Å²) >= 11 is 1.18. The van der Waals surface area contributed by atoms with Crippen LogP contribution in [0.3, 0.4) is 0 Å². The van der Waals surface area contributed by atoms with Crippen LogP contribution in [-0.2, 0) is 4.79 Å². The van der Waals surface area contributed by atoms with E-state index >= 15 is 0 Å². The summed E-state index contributed by atoms with van der Waals surface area (Å²) in [6, 6.07) is 11.9. The maximum atomic E-state index is 13.2. The van der Waals surface area contributed by atoms with E-state index in [-0.39, 0.29) is 11.6 Å². The van der Waals surface area contributed by atoms with Crippen LogP contribution in [-0.4, -0.2) is 15.9 Å². The lowest BCUT2D eigenvalue weighted by Gasteiger charge is -2.07. The number of benzene rings is 1. The van der Waals surface area contributed by atoms with Gasteiger partial charge in [0.05, 0.1) is 22.2 Å². The number of pyridine rings is 1. The zero-order valence-corrected chi connectivity index (χ0v) is 15.3. The number of amides is 1. The Morgan fingerprint density at radius 1 is 1.22 bits per heavy atom. The number of hydrogen-bond donors (Lipinski definition) is 1. The number of aryl methyl sites for hydroxylation is 1. The Bertz CT molecular complexity index is 1060. The summed E-state index contributed by atoms with van der Waals surface area (Å²) in [5.41, 5.74) is 2.28. The lowest BCUT2D eigenvalue weighted by molar-refractivity contribution is -0.114. The monoisotopic (exact) mass is 384 g/mol. The molecule has 1 N–H and O–H groups in total. The summed E-state index contributed by atoms with van der Waals surface area (Å²) in [4.78, 5) is 20.3. The lowest BCUT2D eigenvalue weighted by Crippen LogP contribution is -2.04. The molecule has 0 atom stereocenters. The molecular weight excluding hydrogens is 370 g/mol. The standard InChI is InChI=1S/C19H14F2N4OS/c1-10-6-14(8-15(23-10)18(20)21)17-16(25-19(27-17)24-11(2)26)13-5-3-4-12(7-13)9-22/h3-8,18H,1-2H3,(H,24,25,26). The average molecular weight is 384 g/mol. The van der Waals surface area contributed by atoms with E-state index in [1.54, 1.807) is 37.3 Å². The van der Waals surface area contributed by atoms with E-state index in [0.29, 0.717) is 38.1 Å². The predicted molar refractivity (Wildman–Crippen MR) is 99.5 cm³/mol. The number of carbonyl (C=O) groups excluding carboxylic acids is 1. The molecule has 2 aromatic heterocycles. The van der Waals surface area contributed by atoms with Gasteiger partial charge >= 0.3 is 0 Å². The summed E-state index contributed by atoms with van der Waals surface area (Å²) in [5.74, 6) is -0.285. The first kappa shape index (κ1) is 18.6. The van der Waals surface area contributed by atoms with Gasteiger partial charge in [0.25, 0.3) is 6.43 Å². The van der Waals surface area contributed by atoms with Crippen molar-refractivity contribution in [2.75, 3.05) is 5.32 Å². The molecule has 1 amide bonds. The molecule has 0 unspecified atom stereocenters. The van der Waals surface area contributed by atoms with E-state index in [4.69, 9.17) is 5.26 Å². The fourth-order valence-corrected chi connectivity index (χ4v) is 3.61. The highest BCUT2D eigenvalue weighted by molar-refractivity contribution is 7.19. The molecule has 0 aliphatic heterocycles. The van der Waals surface area contributed by atoms with E-state index in [2.05, 4.69) is 21.4 Å². The summed E-state index contributed by atoms with van der Waals surface area (Å²) in [6.07, 6.45) is -2.70. The highest BCUT2D eigenvalue weighted by Gasteiger charge is 2.19. The van der Waals surface area contributed by atoms with Crippen molar-refractivity contribution in [3.05, 3.63) is 53.3 Å². The fourth-order valence-electron chi connectivity index (χ4n) is 2.59. The Hall–Kier alpha value is -3.18. The van der Waals surface area contributed by atoms with Crippen LogP contribution >= 0.6 is 11.3 Å².